The van der Waals surface area contributed by atoms with E-state index in [1.807, 2.05) is 20.2 Å². The van der Waals surface area contributed by atoms with Gasteiger partial charge >= 0.3 is 0 Å². The summed E-state index contributed by atoms with van der Waals surface area (Å²) in [5, 5.41) is 3.26. The van der Waals surface area contributed by atoms with Gasteiger partial charge in [-0.2, -0.15) is 0 Å². The van der Waals surface area contributed by atoms with Gasteiger partial charge in [0.25, 0.3) is 0 Å². The minimum Gasteiger partial charge on any atom is -0.384 e. The van der Waals surface area contributed by atoms with E-state index in [1.165, 1.54) is 0 Å². The highest BCUT2D eigenvalue weighted by atomic mass is 16.1. The van der Waals surface area contributed by atoms with Gasteiger partial charge in [-0.25, -0.2) is 4.98 Å². The number of anilines is 1. The number of carbonyl (C=O) groups excluding carboxylic acids is 1. The molecule has 1 aliphatic heterocycles. The number of hydrogen-bond acceptors (Lipinski definition) is 5. The Balaban J connectivity index is 2.09. The lowest BCUT2D eigenvalue weighted by molar-refractivity contribution is -0.124. The molecule has 0 saturated carbocycles. The Morgan fingerprint density at radius 1 is 1.47 bits per heavy atom. The maximum Gasteiger partial charge on any atom is 0.155 e. The van der Waals surface area contributed by atoms with Crippen LogP contribution in [-0.4, -0.2) is 42.3 Å². The van der Waals surface area contributed by atoms with Gasteiger partial charge in [-0.3, -0.25) is 4.79 Å². The Morgan fingerprint density at radius 3 is 2.76 bits per heavy atom. The monoisotopic (exact) mass is 234 g/mol. The van der Waals surface area contributed by atoms with E-state index in [0.29, 0.717) is 12.2 Å². The molecule has 0 amide bonds. The zero-order valence-corrected chi connectivity index (χ0v) is 10.2. The second kappa shape index (κ2) is 4.81. The van der Waals surface area contributed by atoms with E-state index in [2.05, 4.69) is 15.2 Å². The normalized spacial score (nSPS) is 25.2. The largest absolute Gasteiger partial charge is 0.384 e. The van der Waals surface area contributed by atoms with Crippen LogP contribution < -0.4 is 11.1 Å². The number of aromatic nitrogens is 1. The number of carbonyl (C=O) groups is 1. The van der Waals surface area contributed by atoms with Gasteiger partial charge in [-0.15, -0.1) is 0 Å². The number of nitrogen functional groups attached to an aromatic ring is 1. The molecule has 1 fully saturated rings. The van der Waals surface area contributed by atoms with Crippen molar-refractivity contribution in [2.45, 2.75) is 18.5 Å². The van der Waals surface area contributed by atoms with Gasteiger partial charge in [-0.1, -0.05) is 6.07 Å². The highest BCUT2D eigenvalue weighted by molar-refractivity contribution is 5.86. The Bertz CT molecular complexity index is 401. The van der Waals surface area contributed by atoms with Crippen molar-refractivity contribution in [2.75, 3.05) is 26.4 Å². The van der Waals surface area contributed by atoms with Crippen LogP contribution in [-0.2, 0) is 4.79 Å². The topological polar surface area (TPSA) is 71.2 Å². The molecule has 1 saturated heterocycles. The minimum atomic E-state index is -0.237. The van der Waals surface area contributed by atoms with Crippen LogP contribution in [0.25, 0.3) is 0 Å². The van der Waals surface area contributed by atoms with E-state index in [-0.39, 0.29) is 17.9 Å². The van der Waals surface area contributed by atoms with E-state index in [4.69, 9.17) is 5.73 Å². The Labute approximate surface area is 101 Å². The second-order valence-corrected chi connectivity index (χ2v) is 4.65. The third kappa shape index (κ3) is 2.62. The first-order chi connectivity index (χ1) is 8.08. The molecule has 3 N–H and O–H groups in total. The van der Waals surface area contributed by atoms with Crippen LogP contribution in [0.4, 0.5) is 5.82 Å². The third-order valence-electron chi connectivity index (χ3n) is 3.19. The molecule has 5 nitrogen and oxygen atoms in total. The molecule has 5 heteroatoms. The summed E-state index contributed by atoms with van der Waals surface area (Å²) in [7, 11) is 3.98. The highest BCUT2D eigenvalue weighted by Gasteiger charge is 2.30. The molecule has 0 aliphatic carbocycles. The van der Waals surface area contributed by atoms with Crippen LogP contribution in [0, 0.1) is 0 Å². The molecule has 0 bridgehead atoms. The lowest BCUT2D eigenvalue weighted by Gasteiger charge is -2.32. The summed E-state index contributed by atoms with van der Waals surface area (Å²) in [4.78, 5) is 18.1. The fourth-order valence-electron chi connectivity index (χ4n) is 2.05. The Morgan fingerprint density at radius 2 is 2.24 bits per heavy atom. The molecule has 0 spiro atoms. The van der Waals surface area contributed by atoms with Crippen LogP contribution in [0.2, 0.25) is 0 Å². The summed E-state index contributed by atoms with van der Waals surface area (Å²) >= 11 is 0. The number of pyridine rings is 1. The zero-order chi connectivity index (χ0) is 12.4. The van der Waals surface area contributed by atoms with Crippen molar-refractivity contribution in [3.63, 3.8) is 0 Å². The number of rotatable bonds is 2. The predicted molar refractivity (Wildman–Crippen MR) is 66.5 cm³/mol. The summed E-state index contributed by atoms with van der Waals surface area (Å²) in [5.74, 6) is 0.685. The molecular formula is C12H18N4O. The number of nitrogens with one attached hydrogen (secondary N) is 1. The molecule has 1 aliphatic rings. The summed E-state index contributed by atoms with van der Waals surface area (Å²) in [6.45, 7) is 0.813. The first kappa shape index (κ1) is 12.0. The highest BCUT2D eigenvalue weighted by Crippen LogP contribution is 2.21. The van der Waals surface area contributed by atoms with Gasteiger partial charge in [-0.05, 0) is 25.7 Å². The molecule has 1 aromatic heterocycles. The summed E-state index contributed by atoms with van der Waals surface area (Å²) in [6.07, 6.45) is 2.25. The maximum absolute atomic E-state index is 12.0. The van der Waals surface area contributed by atoms with Gasteiger partial charge in [0.15, 0.2) is 5.78 Å². The summed E-state index contributed by atoms with van der Waals surface area (Å²) < 4.78 is 0. The Hall–Kier alpha value is -1.46. The van der Waals surface area contributed by atoms with E-state index < -0.39 is 0 Å². The third-order valence-corrected chi connectivity index (χ3v) is 3.19. The standard InChI is InChI=1S/C12H18N4O/c1-16(2)9-5-10(17)12(15-7-9)8-3-4-11(13)14-6-8/h3-4,6,9,12,15H,5,7H2,1-2H3,(H2,13,14). The van der Waals surface area contributed by atoms with E-state index in [9.17, 15) is 4.79 Å². The van der Waals surface area contributed by atoms with Crippen LogP contribution in [0.3, 0.4) is 0 Å². The van der Waals surface area contributed by atoms with Crippen molar-refractivity contribution < 1.29 is 4.79 Å². The lowest BCUT2D eigenvalue weighted by atomic mass is 9.94. The van der Waals surface area contributed by atoms with E-state index in [1.54, 1.807) is 12.3 Å². The minimum absolute atomic E-state index is 0.210. The van der Waals surface area contributed by atoms with Gasteiger partial charge in [0.1, 0.15) is 5.82 Å². The second-order valence-electron chi connectivity index (χ2n) is 4.65. The van der Waals surface area contributed by atoms with E-state index >= 15 is 0 Å². The molecule has 0 radical (unpaired) electrons. The average molecular weight is 234 g/mol. The molecule has 1 aromatic rings. The number of ketones is 1. The number of Topliss-reactive ketones (excluding diaryl/α,β-unsaturated/α-hetero) is 1. The van der Waals surface area contributed by atoms with Gasteiger partial charge in [0.05, 0.1) is 6.04 Å². The SMILES string of the molecule is CN(C)C1CNC(c2ccc(N)nc2)C(=O)C1. The molecular weight excluding hydrogens is 216 g/mol. The first-order valence-corrected chi connectivity index (χ1v) is 5.72. The maximum atomic E-state index is 12.0. The van der Waals surface area contributed by atoms with Crippen molar-refractivity contribution in [3.05, 3.63) is 23.9 Å². The Kier molecular flexibility index (Phi) is 3.40. The quantitative estimate of drug-likeness (QED) is 0.764. The van der Waals surface area contributed by atoms with Crippen LogP contribution in [0.15, 0.2) is 18.3 Å². The van der Waals surface area contributed by atoms with Crippen molar-refractivity contribution in [3.8, 4) is 0 Å². The molecule has 2 unspecified atom stereocenters. The molecule has 0 aromatic carbocycles. The number of hydrogen-bond donors (Lipinski definition) is 2. The summed E-state index contributed by atoms with van der Waals surface area (Å²) in [6, 6.07) is 3.62. The van der Waals surface area contributed by atoms with Gasteiger partial charge in [0.2, 0.25) is 0 Å². The van der Waals surface area contributed by atoms with Crippen LogP contribution in [0.5, 0.6) is 0 Å². The van der Waals surface area contributed by atoms with Crippen LogP contribution >= 0.6 is 0 Å². The van der Waals surface area contributed by atoms with Crippen molar-refractivity contribution in [1.29, 1.82) is 0 Å². The molecule has 2 rings (SSSR count). The number of nitrogens with zero attached hydrogens (tertiary/aromatic N) is 2. The number of piperidine rings is 1. The fraction of sp³-hybridized carbons (Fsp3) is 0.500. The fourth-order valence-corrected chi connectivity index (χ4v) is 2.05. The van der Waals surface area contributed by atoms with Gasteiger partial charge in [0, 0.05) is 25.2 Å². The lowest BCUT2D eigenvalue weighted by Crippen LogP contribution is -2.48. The predicted octanol–water partition coefficient (Wildman–Crippen LogP) is 0.197. The molecule has 92 valence electrons. The zero-order valence-electron chi connectivity index (χ0n) is 10.2. The summed E-state index contributed by atoms with van der Waals surface area (Å²) in [5.41, 5.74) is 6.42. The van der Waals surface area contributed by atoms with Crippen molar-refractivity contribution in [1.82, 2.24) is 15.2 Å². The number of likely N-dealkylation sites (N-methyl/N-ethyl adjacent to an activating group) is 1. The number of nitrogens with two attached hydrogens (primary N) is 1. The van der Waals surface area contributed by atoms with Gasteiger partial charge < -0.3 is 16.0 Å². The van der Waals surface area contributed by atoms with Crippen LogP contribution in [0.1, 0.15) is 18.0 Å². The molecule has 2 heterocycles. The average Bonchev–Trinajstić information content (AvgIpc) is 2.30. The first-order valence-electron chi connectivity index (χ1n) is 5.72. The molecule has 2 atom stereocenters. The van der Waals surface area contributed by atoms with Crippen molar-refractivity contribution in [2.24, 2.45) is 0 Å². The smallest absolute Gasteiger partial charge is 0.155 e. The van der Waals surface area contributed by atoms with E-state index in [0.717, 1.165) is 12.1 Å². The molecule has 17 heavy (non-hydrogen) atoms. The van der Waals surface area contributed by atoms with Crippen molar-refractivity contribution >= 4 is 11.6 Å².